The summed E-state index contributed by atoms with van der Waals surface area (Å²) in [5.74, 6) is 0.242. The summed E-state index contributed by atoms with van der Waals surface area (Å²) in [6.45, 7) is 1.65. The zero-order chi connectivity index (χ0) is 15.2. The summed E-state index contributed by atoms with van der Waals surface area (Å²) >= 11 is 5.86. The Hall–Kier alpha value is -2.33. The Kier molecular flexibility index (Phi) is 4.95. The first-order valence-electron chi connectivity index (χ1n) is 6.37. The molecule has 0 aliphatic heterocycles. The van der Waals surface area contributed by atoms with Crippen LogP contribution in [0.3, 0.4) is 0 Å². The van der Waals surface area contributed by atoms with Crippen LogP contribution in [0.25, 0.3) is 0 Å². The Labute approximate surface area is 127 Å². The van der Waals surface area contributed by atoms with Crippen molar-refractivity contribution in [3.8, 4) is 5.75 Å². The highest BCUT2D eigenvalue weighted by Crippen LogP contribution is 2.17. The van der Waals surface area contributed by atoms with Crippen LogP contribution in [-0.4, -0.2) is 18.3 Å². The van der Waals surface area contributed by atoms with Gasteiger partial charge in [0, 0.05) is 16.3 Å². The van der Waals surface area contributed by atoms with E-state index in [1.165, 1.54) is 0 Å². The Balaban J connectivity index is 1.97. The van der Waals surface area contributed by atoms with E-state index < -0.39 is 6.10 Å². The average Bonchev–Trinajstić information content (AvgIpc) is 2.48. The highest BCUT2D eigenvalue weighted by atomic mass is 35.5. The van der Waals surface area contributed by atoms with Gasteiger partial charge in [-0.15, -0.1) is 0 Å². The van der Waals surface area contributed by atoms with E-state index in [9.17, 15) is 9.59 Å². The Bertz CT molecular complexity index is 640. The molecule has 2 aromatic carbocycles. The van der Waals surface area contributed by atoms with Crippen LogP contribution in [0.5, 0.6) is 5.75 Å². The van der Waals surface area contributed by atoms with Gasteiger partial charge in [-0.1, -0.05) is 17.7 Å². The van der Waals surface area contributed by atoms with E-state index in [1.807, 2.05) is 0 Å². The summed E-state index contributed by atoms with van der Waals surface area (Å²) in [4.78, 5) is 22.6. The normalized spacial score (nSPS) is 11.5. The molecular weight excluding hydrogens is 290 g/mol. The van der Waals surface area contributed by atoms with Gasteiger partial charge in [0.25, 0.3) is 5.91 Å². The van der Waals surface area contributed by atoms with Crippen molar-refractivity contribution in [2.24, 2.45) is 0 Å². The SMILES string of the molecule is CC(Oc1ccc(C=O)cc1)C(=O)Nc1cccc(Cl)c1. The van der Waals surface area contributed by atoms with E-state index in [2.05, 4.69) is 5.32 Å². The van der Waals surface area contributed by atoms with Crippen molar-refractivity contribution in [3.05, 3.63) is 59.1 Å². The van der Waals surface area contributed by atoms with Crippen LogP contribution in [0, 0.1) is 0 Å². The molecule has 1 unspecified atom stereocenters. The minimum atomic E-state index is -0.675. The zero-order valence-electron chi connectivity index (χ0n) is 11.4. The quantitative estimate of drug-likeness (QED) is 0.859. The molecular formula is C16H14ClNO3. The number of nitrogens with one attached hydrogen (secondary N) is 1. The largest absolute Gasteiger partial charge is 0.481 e. The molecule has 0 heterocycles. The fourth-order valence-corrected chi connectivity index (χ4v) is 1.88. The molecule has 5 heteroatoms. The lowest BCUT2D eigenvalue weighted by molar-refractivity contribution is -0.122. The number of hydrogen-bond acceptors (Lipinski definition) is 3. The van der Waals surface area contributed by atoms with Crippen molar-refractivity contribution in [2.75, 3.05) is 5.32 Å². The standard InChI is InChI=1S/C16H14ClNO3/c1-11(21-15-7-5-12(10-19)6-8-15)16(20)18-14-4-2-3-13(17)9-14/h2-11H,1H3,(H,18,20). The highest BCUT2D eigenvalue weighted by Gasteiger charge is 2.14. The van der Waals surface area contributed by atoms with Crippen LogP contribution < -0.4 is 10.1 Å². The third-order valence-electron chi connectivity index (χ3n) is 2.79. The van der Waals surface area contributed by atoms with Gasteiger partial charge in [-0.05, 0) is 49.4 Å². The minimum Gasteiger partial charge on any atom is -0.481 e. The van der Waals surface area contributed by atoms with E-state index in [0.717, 1.165) is 6.29 Å². The van der Waals surface area contributed by atoms with Crippen molar-refractivity contribution in [1.29, 1.82) is 0 Å². The Morgan fingerprint density at radius 3 is 2.57 bits per heavy atom. The molecule has 0 aliphatic rings. The molecule has 4 nitrogen and oxygen atoms in total. The van der Waals surface area contributed by atoms with Gasteiger partial charge in [0.2, 0.25) is 0 Å². The van der Waals surface area contributed by atoms with Gasteiger partial charge in [-0.2, -0.15) is 0 Å². The molecule has 0 radical (unpaired) electrons. The molecule has 0 saturated carbocycles. The first-order valence-corrected chi connectivity index (χ1v) is 6.74. The Morgan fingerprint density at radius 1 is 1.24 bits per heavy atom. The third-order valence-corrected chi connectivity index (χ3v) is 3.03. The molecule has 2 rings (SSSR count). The summed E-state index contributed by atoms with van der Waals surface area (Å²) in [5, 5.41) is 3.27. The fraction of sp³-hybridized carbons (Fsp3) is 0.125. The summed E-state index contributed by atoms with van der Waals surface area (Å²) in [5.41, 5.74) is 1.16. The number of ether oxygens (including phenoxy) is 1. The molecule has 0 spiro atoms. The second-order valence-electron chi connectivity index (χ2n) is 4.45. The smallest absolute Gasteiger partial charge is 0.265 e. The first kappa shape index (κ1) is 15.1. The molecule has 1 atom stereocenters. The molecule has 0 bridgehead atoms. The van der Waals surface area contributed by atoms with E-state index in [1.54, 1.807) is 55.5 Å². The zero-order valence-corrected chi connectivity index (χ0v) is 12.1. The number of aldehydes is 1. The number of carbonyl (C=O) groups is 2. The van der Waals surface area contributed by atoms with Gasteiger partial charge >= 0.3 is 0 Å². The minimum absolute atomic E-state index is 0.281. The van der Waals surface area contributed by atoms with E-state index in [0.29, 0.717) is 22.0 Å². The predicted octanol–water partition coefficient (Wildman–Crippen LogP) is 3.56. The molecule has 0 aromatic heterocycles. The number of benzene rings is 2. The molecule has 21 heavy (non-hydrogen) atoms. The number of carbonyl (C=O) groups excluding carboxylic acids is 2. The predicted molar refractivity (Wildman–Crippen MR) is 82.0 cm³/mol. The lowest BCUT2D eigenvalue weighted by Crippen LogP contribution is -2.30. The van der Waals surface area contributed by atoms with Crippen molar-refractivity contribution < 1.29 is 14.3 Å². The summed E-state index contributed by atoms with van der Waals surface area (Å²) < 4.78 is 5.52. The fourth-order valence-electron chi connectivity index (χ4n) is 1.69. The van der Waals surface area contributed by atoms with Gasteiger partial charge in [-0.25, -0.2) is 0 Å². The molecule has 0 saturated heterocycles. The second-order valence-corrected chi connectivity index (χ2v) is 4.88. The summed E-state index contributed by atoms with van der Waals surface area (Å²) in [7, 11) is 0. The second kappa shape index (κ2) is 6.90. The molecule has 108 valence electrons. The van der Waals surface area contributed by atoms with Crippen molar-refractivity contribution in [1.82, 2.24) is 0 Å². The monoisotopic (exact) mass is 303 g/mol. The van der Waals surface area contributed by atoms with Gasteiger partial charge in [0.05, 0.1) is 0 Å². The van der Waals surface area contributed by atoms with E-state index >= 15 is 0 Å². The molecule has 1 amide bonds. The van der Waals surface area contributed by atoms with Crippen molar-refractivity contribution >= 4 is 29.5 Å². The molecule has 2 aromatic rings. The number of halogens is 1. The number of amides is 1. The van der Waals surface area contributed by atoms with E-state index in [4.69, 9.17) is 16.3 Å². The molecule has 0 fully saturated rings. The lowest BCUT2D eigenvalue weighted by atomic mass is 10.2. The molecule has 0 aliphatic carbocycles. The maximum atomic E-state index is 12.0. The number of anilines is 1. The van der Waals surface area contributed by atoms with Crippen LogP contribution in [-0.2, 0) is 4.79 Å². The van der Waals surface area contributed by atoms with Crippen LogP contribution in [0.1, 0.15) is 17.3 Å². The molecule has 1 N–H and O–H groups in total. The van der Waals surface area contributed by atoms with Gasteiger partial charge < -0.3 is 10.1 Å². The van der Waals surface area contributed by atoms with Crippen LogP contribution in [0.15, 0.2) is 48.5 Å². The topological polar surface area (TPSA) is 55.4 Å². The van der Waals surface area contributed by atoms with Gasteiger partial charge in [-0.3, -0.25) is 9.59 Å². The Morgan fingerprint density at radius 2 is 1.95 bits per heavy atom. The number of rotatable bonds is 5. The maximum absolute atomic E-state index is 12.0. The first-order chi connectivity index (χ1) is 10.1. The number of hydrogen-bond donors (Lipinski definition) is 1. The van der Waals surface area contributed by atoms with Crippen LogP contribution in [0.4, 0.5) is 5.69 Å². The summed E-state index contributed by atoms with van der Waals surface area (Å²) in [6.07, 6.45) is 0.0741. The highest BCUT2D eigenvalue weighted by molar-refractivity contribution is 6.30. The van der Waals surface area contributed by atoms with Crippen molar-refractivity contribution in [3.63, 3.8) is 0 Å². The average molecular weight is 304 g/mol. The third kappa shape index (κ3) is 4.33. The van der Waals surface area contributed by atoms with Crippen molar-refractivity contribution in [2.45, 2.75) is 13.0 Å². The van der Waals surface area contributed by atoms with E-state index in [-0.39, 0.29) is 5.91 Å². The van der Waals surface area contributed by atoms with Gasteiger partial charge in [0.1, 0.15) is 12.0 Å². The van der Waals surface area contributed by atoms with Crippen LogP contribution >= 0.6 is 11.6 Å². The summed E-state index contributed by atoms with van der Waals surface area (Å²) in [6, 6.07) is 13.4. The lowest BCUT2D eigenvalue weighted by Gasteiger charge is -2.15. The maximum Gasteiger partial charge on any atom is 0.265 e. The van der Waals surface area contributed by atoms with Crippen LogP contribution in [0.2, 0.25) is 5.02 Å². The van der Waals surface area contributed by atoms with Gasteiger partial charge in [0.15, 0.2) is 6.10 Å².